The second-order valence-electron chi connectivity index (χ2n) is 8.75. The molecule has 0 bridgehead atoms. The smallest absolute Gasteiger partial charge is 0.264 e. The summed E-state index contributed by atoms with van der Waals surface area (Å²) >= 11 is 18.9. The molecule has 0 aliphatic rings. The lowest BCUT2D eigenvalue weighted by molar-refractivity contribution is -0.140. The van der Waals surface area contributed by atoms with Crippen molar-refractivity contribution in [2.24, 2.45) is 0 Å². The first kappa shape index (κ1) is 30.8. The van der Waals surface area contributed by atoms with E-state index in [1.54, 1.807) is 61.5 Å². The maximum absolute atomic E-state index is 14.0. The van der Waals surface area contributed by atoms with Crippen molar-refractivity contribution < 1.29 is 18.0 Å². The summed E-state index contributed by atoms with van der Waals surface area (Å²) in [7, 11) is -4.20. The van der Waals surface area contributed by atoms with Gasteiger partial charge in [-0.1, -0.05) is 85.0 Å². The van der Waals surface area contributed by atoms with Gasteiger partial charge < -0.3 is 10.2 Å². The minimum Gasteiger partial charge on any atom is -0.354 e. The summed E-state index contributed by atoms with van der Waals surface area (Å²) in [6.45, 7) is 3.52. The molecule has 39 heavy (non-hydrogen) atoms. The van der Waals surface area contributed by atoms with Crippen molar-refractivity contribution in [1.82, 2.24) is 10.2 Å². The first-order valence-corrected chi connectivity index (χ1v) is 15.0. The number of para-hydroxylation sites is 1. The van der Waals surface area contributed by atoms with E-state index >= 15 is 0 Å². The normalized spacial score (nSPS) is 12.0. The van der Waals surface area contributed by atoms with Crippen LogP contribution in [-0.2, 0) is 26.2 Å². The number of hydrogen-bond donors (Lipinski definition) is 1. The second-order valence-corrected chi connectivity index (χ2v) is 11.9. The van der Waals surface area contributed by atoms with Crippen LogP contribution in [-0.4, -0.2) is 44.3 Å². The Morgan fingerprint density at radius 1 is 0.897 bits per heavy atom. The number of carbonyl (C=O) groups is 2. The molecule has 208 valence electrons. The van der Waals surface area contributed by atoms with Crippen molar-refractivity contribution in [3.05, 3.63) is 93.4 Å². The van der Waals surface area contributed by atoms with Crippen molar-refractivity contribution in [1.29, 1.82) is 0 Å². The summed E-state index contributed by atoms with van der Waals surface area (Å²) in [5, 5.41) is 3.74. The van der Waals surface area contributed by atoms with E-state index in [4.69, 9.17) is 34.8 Å². The van der Waals surface area contributed by atoms with Gasteiger partial charge in [-0.25, -0.2) is 8.42 Å². The van der Waals surface area contributed by atoms with E-state index in [-0.39, 0.29) is 28.1 Å². The first-order chi connectivity index (χ1) is 18.6. The quantitative estimate of drug-likeness (QED) is 0.266. The summed E-state index contributed by atoms with van der Waals surface area (Å²) in [4.78, 5) is 28.5. The molecule has 0 heterocycles. The zero-order chi connectivity index (χ0) is 28.6. The maximum Gasteiger partial charge on any atom is 0.264 e. The fraction of sp³-hybridized carbons (Fsp3) is 0.286. The lowest BCUT2D eigenvalue weighted by Gasteiger charge is -2.33. The zero-order valence-corrected chi connectivity index (χ0v) is 24.7. The Kier molecular flexibility index (Phi) is 11.1. The van der Waals surface area contributed by atoms with Gasteiger partial charge in [0.25, 0.3) is 10.0 Å². The predicted octanol–water partition coefficient (Wildman–Crippen LogP) is 6.18. The van der Waals surface area contributed by atoms with Gasteiger partial charge in [0, 0.05) is 23.1 Å². The van der Waals surface area contributed by atoms with Crippen molar-refractivity contribution >= 4 is 62.3 Å². The van der Waals surface area contributed by atoms with Crippen LogP contribution in [0.5, 0.6) is 0 Å². The lowest BCUT2D eigenvalue weighted by Crippen LogP contribution is -2.52. The molecular formula is C28H30Cl3N3O4S. The molecule has 0 unspecified atom stereocenters. The Morgan fingerprint density at radius 2 is 1.56 bits per heavy atom. The van der Waals surface area contributed by atoms with Gasteiger partial charge in [-0.15, -0.1) is 0 Å². The molecule has 3 rings (SSSR count). The second kappa shape index (κ2) is 14.0. The number of halogens is 3. The Balaban J connectivity index is 2.07. The van der Waals surface area contributed by atoms with E-state index in [2.05, 4.69) is 5.32 Å². The third-order valence-corrected chi connectivity index (χ3v) is 8.70. The Hall–Kier alpha value is -2.78. The van der Waals surface area contributed by atoms with Crippen molar-refractivity contribution in [3.8, 4) is 0 Å². The number of carbonyl (C=O) groups excluding carboxylic acids is 2. The van der Waals surface area contributed by atoms with Gasteiger partial charge in [-0.3, -0.25) is 13.9 Å². The highest BCUT2D eigenvalue weighted by Crippen LogP contribution is 2.31. The van der Waals surface area contributed by atoms with E-state index in [0.717, 1.165) is 10.7 Å². The van der Waals surface area contributed by atoms with Crippen LogP contribution in [0.1, 0.15) is 32.3 Å². The van der Waals surface area contributed by atoms with Gasteiger partial charge in [-0.2, -0.15) is 0 Å². The fourth-order valence-electron chi connectivity index (χ4n) is 4.01. The Bertz CT molecular complexity index is 1400. The molecule has 1 N–H and O–H groups in total. The molecule has 0 aromatic heterocycles. The molecule has 1 atom stereocenters. The van der Waals surface area contributed by atoms with Gasteiger partial charge in [-0.05, 0) is 54.8 Å². The topological polar surface area (TPSA) is 86.8 Å². The van der Waals surface area contributed by atoms with Gasteiger partial charge >= 0.3 is 0 Å². The molecule has 11 heteroatoms. The van der Waals surface area contributed by atoms with Crippen LogP contribution in [0.4, 0.5) is 5.69 Å². The molecular weight excluding hydrogens is 581 g/mol. The predicted molar refractivity (Wildman–Crippen MR) is 157 cm³/mol. The molecule has 0 saturated heterocycles. The lowest BCUT2D eigenvalue weighted by atomic mass is 10.1. The molecule has 0 saturated carbocycles. The standard InChI is InChI=1S/C28H30Cl3N3O4S/c1-3-16-32-28(36)25(4-2)33(18-20-14-15-21(29)17-24(20)31)27(35)19-34(26-13-9-8-12-23(26)30)39(37,38)22-10-6-5-7-11-22/h5-15,17,25H,3-4,16,18-19H2,1-2H3,(H,32,36)/t25-/m1/s1. The summed E-state index contributed by atoms with van der Waals surface area (Å²) in [6.07, 6.45) is 1.01. The number of benzene rings is 3. The fourth-order valence-corrected chi connectivity index (χ4v) is 6.22. The maximum atomic E-state index is 14.0. The molecule has 0 radical (unpaired) electrons. The SMILES string of the molecule is CCCNC(=O)[C@@H](CC)N(Cc1ccc(Cl)cc1Cl)C(=O)CN(c1ccccc1Cl)S(=O)(=O)c1ccccc1. The average molecular weight is 611 g/mol. The Morgan fingerprint density at radius 3 is 2.18 bits per heavy atom. The number of amides is 2. The molecule has 3 aromatic carbocycles. The van der Waals surface area contributed by atoms with Gasteiger partial charge in [0.2, 0.25) is 11.8 Å². The number of rotatable bonds is 12. The van der Waals surface area contributed by atoms with E-state index in [1.807, 2.05) is 6.92 Å². The monoisotopic (exact) mass is 609 g/mol. The highest BCUT2D eigenvalue weighted by atomic mass is 35.5. The molecule has 0 fully saturated rings. The summed E-state index contributed by atoms with van der Waals surface area (Å²) < 4.78 is 28.6. The van der Waals surface area contributed by atoms with Crippen LogP contribution >= 0.6 is 34.8 Å². The van der Waals surface area contributed by atoms with Gasteiger partial charge in [0.1, 0.15) is 12.6 Å². The minimum atomic E-state index is -4.20. The summed E-state index contributed by atoms with van der Waals surface area (Å²) in [5.74, 6) is -0.938. The number of nitrogens with zero attached hydrogens (tertiary/aromatic N) is 2. The number of sulfonamides is 1. The average Bonchev–Trinajstić information content (AvgIpc) is 2.92. The Labute approximate surface area is 244 Å². The van der Waals surface area contributed by atoms with E-state index in [1.165, 1.54) is 23.1 Å². The van der Waals surface area contributed by atoms with Crippen molar-refractivity contribution in [3.63, 3.8) is 0 Å². The van der Waals surface area contributed by atoms with Crippen molar-refractivity contribution in [2.45, 2.75) is 44.2 Å². The summed E-state index contributed by atoms with van der Waals surface area (Å²) in [5.41, 5.74) is 0.704. The highest BCUT2D eigenvalue weighted by molar-refractivity contribution is 7.92. The third kappa shape index (κ3) is 7.66. The number of anilines is 1. The van der Waals surface area contributed by atoms with Crippen LogP contribution in [0.3, 0.4) is 0 Å². The van der Waals surface area contributed by atoms with Crippen molar-refractivity contribution in [2.75, 3.05) is 17.4 Å². The van der Waals surface area contributed by atoms with E-state index in [0.29, 0.717) is 28.6 Å². The van der Waals surface area contributed by atoms with Crippen LogP contribution in [0.15, 0.2) is 77.7 Å². The molecule has 3 aromatic rings. The molecule has 7 nitrogen and oxygen atoms in total. The van der Waals surface area contributed by atoms with E-state index < -0.39 is 28.5 Å². The van der Waals surface area contributed by atoms with Gasteiger partial charge in [0.15, 0.2) is 0 Å². The van der Waals surface area contributed by atoms with Crippen LogP contribution in [0.25, 0.3) is 0 Å². The van der Waals surface area contributed by atoms with Crippen LogP contribution in [0, 0.1) is 0 Å². The van der Waals surface area contributed by atoms with Crippen LogP contribution in [0.2, 0.25) is 15.1 Å². The molecule has 0 aliphatic carbocycles. The zero-order valence-electron chi connectivity index (χ0n) is 21.6. The van der Waals surface area contributed by atoms with E-state index in [9.17, 15) is 18.0 Å². The van der Waals surface area contributed by atoms with Crippen LogP contribution < -0.4 is 9.62 Å². The number of nitrogens with one attached hydrogen (secondary N) is 1. The largest absolute Gasteiger partial charge is 0.354 e. The number of hydrogen-bond acceptors (Lipinski definition) is 4. The highest BCUT2D eigenvalue weighted by Gasteiger charge is 2.34. The molecule has 0 aliphatic heterocycles. The minimum absolute atomic E-state index is 0.00209. The third-order valence-electron chi connectivity index (χ3n) is 6.02. The van der Waals surface area contributed by atoms with Gasteiger partial charge in [0.05, 0.1) is 15.6 Å². The summed E-state index contributed by atoms with van der Waals surface area (Å²) in [6, 6.07) is 18.2. The molecule has 0 spiro atoms. The molecule has 2 amide bonds. The first-order valence-electron chi connectivity index (χ1n) is 12.4.